The zero-order valence-electron chi connectivity index (χ0n) is 11.5. The molecule has 4 nitrogen and oxygen atoms in total. The molecule has 8 heteroatoms. The summed E-state index contributed by atoms with van der Waals surface area (Å²) in [6, 6.07) is 8.32. The molecule has 0 amide bonds. The number of ether oxygens (including phenoxy) is 2. The van der Waals surface area contributed by atoms with Gasteiger partial charge in [-0.15, -0.1) is 25.6 Å². The first kappa shape index (κ1) is 18.1. The SMILES string of the molecule is COc1ccc([C@H](N)c2ccc(OC(F)(F)F)cc2)cn1.Cl. The van der Waals surface area contributed by atoms with Gasteiger partial charge >= 0.3 is 6.36 Å². The average molecular weight is 335 g/mol. The molecule has 22 heavy (non-hydrogen) atoms. The first-order valence-corrected chi connectivity index (χ1v) is 6.00. The number of hydrogen-bond acceptors (Lipinski definition) is 4. The normalized spacial score (nSPS) is 12.2. The van der Waals surface area contributed by atoms with E-state index in [1.807, 2.05) is 0 Å². The van der Waals surface area contributed by atoms with Crippen LogP contribution >= 0.6 is 12.4 Å². The summed E-state index contributed by atoms with van der Waals surface area (Å²) in [5.41, 5.74) is 7.41. The van der Waals surface area contributed by atoms with Crippen LogP contribution in [0.3, 0.4) is 0 Å². The Morgan fingerprint density at radius 3 is 2.09 bits per heavy atom. The lowest BCUT2D eigenvalue weighted by molar-refractivity contribution is -0.274. The van der Waals surface area contributed by atoms with Gasteiger partial charge in [-0.05, 0) is 23.3 Å². The highest BCUT2D eigenvalue weighted by Crippen LogP contribution is 2.26. The maximum Gasteiger partial charge on any atom is 0.573 e. The molecule has 0 saturated heterocycles. The monoisotopic (exact) mass is 334 g/mol. The van der Waals surface area contributed by atoms with E-state index in [-0.39, 0.29) is 18.2 Å². The molecule has 1 atom stereocenters. The van der Waals surface area contributed by atoms with Gasteiger partial charge in [0.2, 0.25) is 5.88 Å². The molecule has 2 aromatic rings. The summed E-state index contributed by atoms with van der Waals surface area (Å²) >= 11 is 0. The maximum atomic E-state index is 12.1. The molecule has 1 aromatic carbocycles. The molecule has 0 spiro atoms. The molecule has 0 unspecified atom stereocenters. The Morgan fingerprint density at radius 1 is 1.05 bits per heavy atom. The van der Waals surface area contributed by atoms with Gasteiger partial charge in [0.05, 0.1) is 13.2 Å². The van der Waals surface area contributed by atoms with Crippen LogP contribution in [-0.2, 0) is 0 Å². The van der Waals surface area contributed by atoms with E-state index < -0.39 is 12.4 Å². The Balaban J connectivity index is 0.00000242. The second-order valence-electron chi connectivity index (χ2n) is 4.23. The van der Waals surface area contributed by atoms with E-state index in [0.717, 1.165) is 5.56 Å². The minimum atomic E-state index is -4.70. The summed E-state index contributed by atoms with van der Waals surface area (Å²) in [7, 11) is 1.50. The molecule has 2 N–H and O–H groups in total. The number of nitrogens with two attached hydrogens (primary N) is 1. The molecular weight excluding hydrogens is 321 g/mol. The third kappa shape index (κ3) is 4.78. The van der Waals surface area contributed by atoms with E-state index in [2.05, 4.69) is 9.72 Å². The van der Waals surface area contributed by atoms with Gasteiger partial charge in [0, 0.05) is 12.3 Å². The third-order valence-electron chi connectivity index (χ3n) is 2.80. The lowest BCUT2D eigenvalue weighted by Gasteiger charge is -2.14. The number of rotatable bonds is 4. The number of aromatic nitrogens is 1. The number of nitrogens with zero attached hydrogens (tertiary/aromatic N) is 1. The number of alkyl halides is 3. The van der Waals surface area contributed by atoms with Gasteiger partial charge in [-0.3, -0.25) is 0 Å². The molecule has 0 aliphatic rings. The first-order chi connectivity index (χ1) is 9.89. The fourth-order valence-electron chi connectivity index (χ4n) is 1.77. The zero-order chi connectivity index (χ0) is 15.5. The van der Waals surface area contributed by atoms with Crippen LogP contribution in [0.2, 0.25) is 0 Å². The third-order valence-corrected chi connectivity index (χ3v) is 2.80. The minimum Gasteiger partial charge on any atom is -0.481 e. The van der Waals surface area contributed by atoms with Gasteiger partial charge < -0.3 is 15.2 Å². The molecular formula is C14H14ClF3N2O2. The number of benzene rings is 1. The van der Waals surface area contributed by atoms with Crippen molar-refractivity contribution in [1.29, 1.82) is 0 Å². The summed E-state index contributed by atoms with van der Waals surface area (Å²) in [6.45, 7) is 0. The molecule has 120 valence electrons. The second-order valence-corrected chi connectivity index (χ2v) is 4.23. The summed E-state index contributed by atoms with van der Waals surface area (Å²) in [5, 5.41) is 0. The standard InChI is InChI=1S/C14H13F3N2O2.ClH/c1-20-12-7-4-10(8-19-12)13(18)9-2-5-11(6-3-9)21-14(15,16)17;/h2-8,13H,18H2,1H3;1H/t13-;/m1./s1. The van der Waals surface area contributed by atoms with Crippen molar-refractivity contribution in [2.45, 2.75) is 12.4 Å². The second kappa shape index (κ2) is 7.33. The van der Waals surface area contributed by atoms with Crippen molar-refractivity contribution in [3.8, 4) is 11.6 Å². The van der Waals surface area contributed by atoms with Crippen molar-refractivity contribution >= 4 is 12.4 Å². The van der Waals surface area contributed by atoms with Gasteiger partial charge in [-0.25, -0.2) is 4.98 Å². The number of methoxy groups -OCH3 is 1. The number of halogens is 4. The van der Waals surface area contributed by atoms with Crippen molar-refractivity contribution in [1.82, 2.24) is 4.98 Å². The van der Waals surface area contributed by atoms with Gasteiger partial charge in [0.1, 0.15) is 5.75 Å². The average Bonchev–Trinajstić information content (AvgIpc) is 2.46. The van der Waals surface area contributed by atoms with Gasteiger partial charge in [-0.1, -0.05) is 18.2 Å². The van der Waals surface area contributed by atoms with E-state index in [9.17, 15) is 13.2 Å². The van der Waals surface area contributed by atoms with Crippen LogP contribution in [0.4, 0.5) is 13.2 Å². The fourth-order valence-corrected chi connectivity index (χ4v) is 1.77. The van der Waals surface area contributed by atoms with E-state index in [1.54, 1.807) is 18.3 Å². The van der Waals surface area contributed by atoms with E-state index in [1.165, 1.54) is 31.4 Å². The van der Waals surface area contributed by atoms with Crippen LogP contribution in [0.25, 0.3) is 0 Å². The van der Waals surface area contributed by atoms with Crippen molar-refractivity contribution in [3.05, 3.63) is 53.7 Å². The molecule has 0 aliphatic heterocycles. The topological polar surface area (TPSA) is 57.4 Å². The highest BCUT2D eigenvalue weighted by Gasteiger charge is 2.31. The van der Waals surface area contributed by atoms with Crippen LogP contribution in [0.15, 0.2) is 42.6 Å². The van der Waals surface area contributed by atoms with Gasteiger partial charge in [-0.2, -0.15) is 0 Å². The molecule has 0 fully saturated rings. The maximum absolute atomic E-state index is 12.1. The largest absolute Gasteiger partial charge is 0.573 e. The Morgan fingerprint density at radius 2 is 1.64 bits per heavy atom. The van der Waals surface area contributed by atoms with Crippen LogP contribution in [0.5, 0.6) is 11.6 Å². The van der Waals surface area contributed by atoms with Crippen molar-refractivity contribution < 1.29 is 22.6 Å². The molecule has 1 aromatic heterocycles. The van der Waals surface area contributed by atoms with Crippen LogP contribution in [0.1, 0.15) is 17.2 Å². The Hall–Kier alpha value is -1.99. The summed E-state index contributed by atoms with van der Waals surface area (Å²) < 4.78 is 45.0. The summed E-state index contributed by atoms with van der Waals surface area (Å²) in [4.78, 5) is 4.03. The van der Waals surface area contributed by atoms with Gasteiger partial charge in [0.15, 0.2) is 0 Å². The zero-order valence-corrected chi connectivity index (χ0v) is 12.3. The van der Waals surface area contributed by atoms with E-state index >= 15 is 0 Å². The molecule has 0 radical (unpaired) electrons. The molecule has 0 bridgehead atoms. The van der Waals surface area contributed by atoms with Crippen LogP contribution in [0, 0.1) is 0 Å². The summed E-state index contributed by atoms with van der Waals surface area (Å²) in [5.74, 6) is 0.172. The fraction of sp³-hybridized carbons (Fsp3) is 0.214. The van der Waals surface area contributed by atoms with Crippen LogP contribution in [-0.4, -0.2) is 18.5 Å². The van der Waals surface area contributed by atoms with Crippen molar-refractivity contribution in [3.63, 3.8) is 0 Å². The number of pyridine rings is 1. The lowest BCUT2D eigenvalue weighted by atomic mass is 10.0. The van der Waals surface area contributed by atoms with Crippen molar-refractivity contribution in [2.24, 2.45) is 5.73 Å². The Bertz CT molecular complexity index is 589. The Labute approximate surface area is 131 Å². The Kier molecular flexibility index (Phi) is 6.01. The van der Waals surface area contributed by atoms with E-state index in [4.69, 9.17) is 10.5 Å². The predicted octanol–water partition coefficient (Wildman–Crippen LogP) is 3.46. The molecule has 0 saturated carbocycles. The molecule has 2 rings (SSSR count). The first-order valence-electron chi connectivity index (χ1n) is 6.00. The quantitative estimate of drug-likeness (QED) is 0.930. The van der Waals surface area contributed by atoms with Crippen LogP contribution < -0.4 is 15.2 Å². The highest BCUT2D eigenvalue weighted by molar-refractivity contribution is 5.85. The molecule has 0 aliphatic carbocycles. The lowest BCUT2D eigenvalue weighted by Crippen LogP contribution is -2.17. The van der Waals surface area contributed by atoms with Crippen molar-refractivity contribution in [2.75, 3.05) is 7.11 Å². The van der Waals surface area contributed by atoms with Gasteiger partial charge in [0.25, 0.3) is 0 Å². The smallest absolute Gasteiger partial charge is 0.481 e. The molecule has 1 heterocycles. The summed E-state index contributed by atoms with van der Waals surface area (Å²) in [6.07, 6.45) is -3.15. The highest BCUT2D eigenvalue weighted by atomic mass is 35.5. The predicted molar refractivity (Wildman–Crippen MR) is 77.2 cm³/mol. The van der Waals surface area contributed by atoms with E-state index in [0.29, 0.717) is 11.4 Å². The number of hydrogen-bond donors (Lipinski definition) is 1. The minimum absolute atomic E-state index is 0.